The molecule has 0 aliphatic heterocycles. The molecular weight excluding hydrogens is 306 g/mol. The summed E-state index contributed by atoms with van der Waals surface area (Å²) in [6, 6.07) is 6.45. The lowest BCUT2D eigenvalue weighted by Gasteiger charge is -2.09. The van der Waals surface area contributed by atoms with E-state index in [9.17, 15) is 21.6 Å². The van der Waals surface area contributed by atoms with E-state index in [1.54, 1.807) is 24.3 Å². The van der Waals surface area contributed by atoms with Crippen LogP contribution in [0.15, 0.2) is 24.3 Å². The Morgan fingerprint density at radius 3 is 2.20 bits per heavy atom. The van der Waals surface area contributed by atoms with Crippen molar-refractivity contribution in [2.24, 2.45) is 0 Å². The monoisotopic (exact) mass is 321 g/mol. The molecule has 0 saturated heterocycles. The zero-order valence-corrected chi connectivity index (χ0v) is 12.4. The van der Waals surface area contributed by atoms with E-state index >= 15 is 0 Å². The lowest BCUT2D eigenvalue weighted by atomic mass is 10.1. The number of nitrogens with one attached hydrogen (secondary N) is 1. The molecule has 0 radical (unpaired) electrons. The molecule has 0 aliphatic rings. The van der Waals surface area contributed by atoms with E-state index in [0.717, 1.165) is 6.26 Å². The Labute approximate surface area is 117 Å². The predicted octanol–water partition coefficient (Wildman–Crippen LogP) is -0.265. The van der Waals surface area contributed by atoms with Crippen LogP contribution in [-0.2, 0) is 37.6 Å². The van der Waals surface area contributed by atoms with Gasteiger partial charge in [0.25, 0.3) is 0 Å². The van der Waals surface area contributed by atoms with Gasteiger partial charge in [-0.1, -0.05) is 24.3 Å². The minimum absolute atomic E-state index is 0.151. The highest BCUT2D eigenvalue weighted by Gasteiger charge is 2.18. The summed E-state index contributed by atoms with van der Waals surface area (Å²) in [5.41, 5.74) is 0.967. The third-order valence-corrected chi connectivity index (χ3v) is 5.85. The van der Waals surface area contributed by atoms with Crippen LogP contribution in [0.5, 0.6) is 0 Å². The Hall–Kier alpha value is -1.45. The zero-order chi connectivity index (χ0) is 15.4. The van der Waals surface area contributed by atoms with Crippen molar-refractivity contribution in [3.63, 3.8) is 0 Å². The largest absolute Gasteiger partial charge is 0.481 e. The fourth-order valence-electron chi connectivity index (χ4n) is 1.58. The summed E-state index contributed by atoms with van der Waals surface area (Å²) in [4.78, 5) is 10.7. The van der Waals surface area contributed by atoms with Crippen LogP contribution in [0.1, 0.15) is 11.1 Å². The van der Waals surface area contributed by atoms with E-state index < -0.39 is 30.9 Å². The zero-order valence-electron chi connectivity index (χ0n) is 10.7. The standard InChI is InChI=1S/C11H15NO6S2/c1-19(15,16)8-20(17,18)12-7-10-5-3-2-4-9(10)6-11(13)14/h2-5,12H,6-8H2,1H3,(H,13,14). The molecular formula is C11H15NO6S2. The van der Waals surface area contributed by atoms with E-state index in [-0.39, 0.29) is 13.0 Å². The van der Waals surface area contributed by atoms with Crippen LogP contribution < -0.4 is 4.72 Å². The van der Waals surface area contributed by atoms with Gasteiger partial charge in [-0.3, -0.25) is 4.79 Å². The Morgan fingerprint density at radius 1 is 1.15 bits per heavy atom. The van der Waals surface area contributed by atoms with Crippen LogP contribution >= 0.6 is 0 Å². The van der Waals surface area contributed by atoms with Crippen LogP contribution in [0.4, 0.5) is 0 Å². The van der Waals surface area contributed by atoms with E-state index in [1.165, 1.54) is 0 Å². The first-order chi connectivity index (χ1) is 9.09. The summed E-state index contributed by atoms with van der Waals surface area (Å²) in [5, 5.41) is 7.76. The van der Waals surface area contributed by atoms with Crippen LogP contribution in [0.3, 0.4) is 0 Å². The lowest BCUT2D eigenvalue weighted by Crippen LogP contribution is -2.29. The van der Waals surface area contributed by atoms with Crippen molar-refractivity contribution in [3.8, 4) is 0 Å². The number of sulfone groups is 1. The molecule has 0 heterocycles. The Bertz CT molecular complexity index is 693. The van der Waals surface area contributed by atoms with Gasteiger partial charge in [-0.05, 0) is 11.1 Å². The number of carboxylic acids is 1. The molecule has 20 heavy (non-hydrogen) atoms. The van der Waals surface area contributed by atoms with Crippen LogP contribution in [-0.4, -0.2) is 39.3 Å². The summed E-state index contributed by atoms with van der Waals surface area (Å²) >= 11 is 0. The Morgan fingerprint density at radius 2 is 1.70 bits per heavy atom. The molecule has 7 nitrogen and oxygen atoms in total. The number of benzene rings is 1. The molecule has 0 amide bonds. The molecule has 1 rings (SSSR count). The molecule has 0 aromatic heterocycles. The molecule has 0 fully saturated rings. The molecule has 0 unspecified atom stereocenters. The second-order valence-corrected chi connectivity index (χ2v) is 8.63. The second-order valence-electron chi connectivity index (χ2n) is 4.32. The highest BCUT2D eigenvalue weighted by molar-refractivity contribution is 8.06. The minimum atomic E-state index is -3.97. The van der Waals surface area contributed by atoms with E-state index in [2.05, 4.69) is 4.72 Å². The van der Waals surface area contributed by atoms with Gasteiger partial charge in [0, 0.05) is 12.8 Å². The molecule has 112 valence electrons. The van der Waals surface area contributed by atoms with Crippen LogP contribution in [0, 0.1) is 0 Å². The molecule has 9 heteroatoms. The number of carbonyl (C=O) groups is 1. The normalized spacial score (nSPS) is 12.2. The number of sulfonamides is 1. The van der Waals surface area contributed by atoms with Crippen molar-refractivity contribution in [3.05, 3.63) is 35.4 Å². The van der Waals surface area contributed by atoms with Gasteiger partial charge in [0.15, 0.2) is 14.9 Å². The Balaban J connectivity index is 2.83. The van der Waals surface area contributed by atoms with Crippen molar-refractivity contribution >= 4 is 25.8 Å². The third-order valence-electron chi connectivity index (χ3n) is 2.31. The maximum absolute atomic E-state index is 11.5. The highest BCUT2D eigenvalue weighted by atomic mass is 32.3. The summed E-state index contributed by atoms with van der Waals surface area (Å²) in [6.45, 7) is -0.151. The molecule has 0 bridgehead atoms. The van der Waals surface area contributed by atoms with Gasteiger partial charge in [0.1, 0.15) is 0 Å². The molecule has 0 saturated carbocycles. The van der Waals surface area contributed by atoms with E-state index in [0.29, 0.717) is 11.1 Å². The molecule has 1 aromatic carbocycles. The number of rotatable bonds is 7. The first-order valence-corrected chi connectivity index (χ1v) is 9.24. The molecule has 0 aliphatic carbocycles. The van der Waals surface area contributed by atoms with Gasteiger partial charge in [-0.15, -0.1) is 0 Å². The van der Waals surface area contributed by atoms with Crippen molar-refractivity contribution in [2.75, 3.05) is 11.3 Å². The number of aliphatic carboxylic acids is 1. The summed E-state index contributed by atoms with van der Waals surface area (Å²) < 4.78 is 47.2. The second kappa shape index (κ2) is 6.33. The quantitative estimate of drug-likeness (QED) is 0.714. The van der Waals surface area contributed by atoms with Crippen molar-refractivity contribution < 1.29 is 26.7 Å². The maximum atomic E-state index is 11.5. The summed E-state index contributed by atoms with van der Waals surface area (Å²) in [7, 11) is -7.63. The predicted molar refractivity (Wildman–Crippen MR) is 73.3 cm³/mol. The fourth-order valence-corrected chi connectivity index (χ4v) is 4.54. The first-order valence-electron chi connectivity index (χ1n) is 5.53. The maximum Gasteiger partial charge on any atom is 0.307 e. The van der Waals surface area contributed by atoms with E-state index in [4.69, 9.17) is 5.11 Å². The van der Waals surface area contributed by atoms with Gasteiger partial charge in [0.2, 0.25) is 10.0 Å². The minimum Gasteiger partial charge on any atom is -0.481 e. The van der Waals surface area contributed by atoms with Crippen molar-refractivity contribution in [1.82, 2.24) is 4.72 Å². The number of hydrogen-bond donors (Lipinski definition) is 2. The highest BCUT2D eigenvalue weighted by Crippen LogP contribution is 2.10. The molecule has 2 N–H and O–H groups in total. The molecule has 0 spiro atoms. The number of hydrogen-bond acceptors (Lipinski definition) is 5. The topological polar surface area (TPSA) is 118 Å². The Kier molecular flexibility index (Phi) is 5.26. The first kappa shape index (κ1) is 16.6. The van der Waals surface area contributed by atoms with Crippen molar-refractivity contribution in [1.29, 1.82) is 0 Å². The SMILES string of the molecule is CS(=O)(=O)CS(=O)(=O)NCc1ccccc1CC(=O)O. The molecule has 1 aromatic rings. The van der Waals surface area contributed by atoms with Crippen LogP contribution in [0.25, 0.3) is 0 Å². The van der Waals surface area contributed by atoms with Gasteiger partial charge >= 0.3 is 5.97 Å². The van der Waals surface area contributed by atoms with Crippen molar-refractivity contribution in [2.45, 2.75) is 13.0 Å². The average Bonchev–Trinajstić information content (AvgIpc) is 2.24. The van der Waals surface area contributed by atoms with E-state index in [1.807, 2.05) is 0 Å². The average molecular weight is 321 g/mol. The molecule has 0 atom stereocenters. The lowest BCUT2D eigenvalue weighted by molar-refractivity contribution is -0.136. The summed E-state index contributed by atoms with van der Waals surface area (Å²) in [6.07, 6.45) is 0.592. The van der Waals surface area contributed by atoms with Crippen LogP contribution in [0.2, 0.25) is 0 Å². The fraction of sp³-hybridized carbons (Fsp3) is 0.364. The van der Waals surface area contributed by atoms with Gasteiger partial charge in [-0.25, -0.2) is 21.6 Å². The van der Waals surface area contributed by atoms with Gasteiger partial charge < -0.3 is 5.11 Å². The van der Waals surface area contributed by atoms with Gasteiger partial charge in [0.05, 0.1) is 6.42 Å². The third kappa shape index (κ3) is 6.13. The van der Waals surface area contributed by atoms with Gasteiger partial charge in [-0.2, -0.15) is 0 Å². The summed E-state index contributed by atoms with van der Waals surface area (Å²) in [5.74, 6) is -1.03. The smallest absolute Gasteiger partial charge is 0.307 e. The number of carboxylic acid groups (broad SMARTS) is 1.